The van der Waals surface area contributed by atoms with Crippen molar-refractivity contribution >= 4 is 52.5 Å². The first kappa shape index (κ1) is 28.1. The van der Waals surface area contributed by atoms with E-state index in [9.17, 15) is 50.5 Å². The van der Waals surface area contributed by atoms with E-state index in [4.69, 9.17) is 5.21 Å². The number of anilines is 1. The van der Waals surface area contributed by atoms with Gasteiger partial charge in [-0.3, -0.25) is 14.9 Å². The second kappa shape index (κ2) is 10.3. The van der Waals surface area contributed by atoms with E-state index in [1.807, 2.05) is 0 Å². The van der Waals surface area contributed by atoms with Crippen molar-refractivity contribution in [2.75, 3.05) is 5.32 Å². The van der Waals surface area contributed by atoms with Gasteiger partial charge in [-0.15, -0.1) is 0 Å². The predicted octanol–water partition coefficient (Wildman–Crippen LogP) is 4.25. The molecule has 17 heteroatoms. The van der Waals surface area contributed by atoms with Crippen molar-refractivity contribution in [2.24, 2.45) is 0 Å². The van der Waals surface area contributed by atoms with E-state index in [0.717, 1.165) is 12.1 Å². The van der Waals surface area contributed by atoms with Crippen LogP contribution in [-0.4, -0.2) is 63.1 Å². The monoisotopic (exact) mass is 496 g/mol. The number of halogens is 7. The quantitative estimate of drug-likeness (QED) is 0.256. The molecule has 0 aromatic heterocycles. The zero-order valence-corrected chi connectivity index (χ0v) is 15.1. The predicted molar refractivity (Wildman–Crippen MR) is 96.3 cm³/mol. The molecule has 0 saturated heterocycles. The molecule has 0 radical (unpaired) electrons. The van der Waals surface area contributed by atoms with Gasteiger partial charge in [0, 0.05) is 17.7 Å². The Labute approximate surface area is 200 Å². The van der Waals surface area contributed by atoms with Crippen molar-refractivity contribution in [1.29, 1.82) is 0 Å². The molecule has 0 heterocycles. The van der Waals surface area contributed by atoms with Crippen molar-refractivity contribution in [3.05, 3.63) is 62.5 Å². The van der Waals surface area contributed by atoms with E-state index in [-0.39, 0.29) is 41.7 Å². The van der Waals surface area contributed by atoms with Crippen LogP contribution < -0.4 is 10.1 Å². The number of carbonyl (C=O) groups is 1. The van der Waals surface area contributed by atoms with Gasteiger partial charge < -0.3 is 10.1 Å². The molecule has 2 N–H and O–H groups in total. The van der Waals surface area contributed by atoms with Crippen molar-refractivity contribution in [2.45, 2.75) is 18.7 Å². The first-order valence-electron chi connectivity index (χ1n) is 7.95. The number of nitro benzene ring substituents is 1. The summed E-state index contributed by atoms with van der Waals surface area (Å²) in [5, 5.41) is 22.0. The average Bonchev–Trinajstić information content (AvgIpc) is 2.66. The minimum absolute atomic E-state index is 0. The fourth-order valence-electron chi connectivity index (χ4n) is 2.26. The van der Waals surface area contributed by atoms with Gasteiger partial charge in [0.05, 0.1) is 15.4 Å². The van der Waals surface area contributed by atoms with Crippen molar-refractivity contribution < 1.29 is 55.3 Å². The number of nitrogens with one attached hydrogen (secondary N) is 1. The summed E-state index contributed by atoms with van der Waals surface area (Å²) in [6.45, 7) is 0. The second-order valence-corrected chi connectivity index (χ2v) is 5.86. The van der Waals surface area contributed by atoms with Crippen LogP contribution in [0.5, 0.6) is 5.75 Å². The molecule has 2 aromatic rings. The molecular formula is C16H10F7N3NaO6+. The molecule has 9 nitrogen and oxygen atoms in total. The number of hydrogen-bond donors (Lipinski definition) is 2. The average molecular weight is 496 g/mol. The zero-order chi connectivity index (χ0) is 24.4. The van der Waals surface area contributed by atoms with E-state index >= 15 is 0 Å². The number of benzene rings is 2. The van der Waals surface area contributed by atoms with Crippen LogP contribution in [0.2, 0.25) is 0 Å². The molecule has 0 spiro atoms. The summed E-state index contributed by atoms with van der Waals surface area (Å²) in [6.07, 6.45) is -14.1. The summed E-state index contributed by atoms with van der Waals surface area (Å²) < 4.78 is 92.6. The molecule has 1 amide bonds. The Morgan fingerprint density at radius 1 is 1.03 bits per heavy atom. The molecule has 174 valence electrons. The van der Waals surface area contributed by atoms with E-state index in [1.54, 1.807) is 5.32 Å². The third-order valence-corrected chi connectivity index (χ3v) is 3.69. The molecule has 0 atom stereocenters. The van der Waals surface area contributed by atoms with Gasteiger partial charge in [-0.2, -0.15) is 30.7 Å². The Hall–Kier alpha value is -2.98. The van der Waals surface area contributed by atoms with Crippen molar-refractivity contribution in [3.63, 3.8) is 0 Å². The Morgan fingerprint density at radius 2 is 1.55 bits per heavy atom. The zero-order valence-electron chi connectivity index (χ0n) is 15.1. The SMILES string of the molecule is O=C(Nc1c([N+](=O)[O-])cc(C(F)(F)F)cc1[N+](=O)O)c1ccc(OC(F)(F)C(F)F)cc1.[NaH]. The summed E-state index contributed by atoms with van der Waals surface area (Å²) >= 11 is 0. The van der Waals surface area contributed by atoms with Crippen LogP contribution in [0.4, 0.5) is 47.8 Å². The standard InChI is InChI=1S/C16H8F7N3O6.Na.H/c17-14(18)16(22,23)32-9-3-1-7(2-4-9)13(27)24-12-10(25(28)29)5-8(15(19,20)21)6-11(12)26(30)31;;/h1-6,14H,(H-,24,27,28,29);;/p+1. The molecule has 2 rings (SSSR count). The number of nitro groups is 1. The molecule has 0 unspecified atom stereocenters. The van der Waals surface area contributed by atoms with Crippen LogP contribution in [0.3, 0.4) is 0 Å². The van der Waals surface area contributed by atoms with Gasteiger partial charge in [-0.1, -0.05) is 0 Å². The third kappa shape index (κ3) is 6.75. The van der Waals surface area contributed by atoms with Gasteiger partial charge in [0.2, 0.25) is 5.69 Å². The van der Waals surface area contributed by atoms with E-state index in [0.29, 0.717) is 12.1 Å². The van der Waals surface area contributed by atoms with E-state index in [1.165, 1.54) is 0 Å². The Balaban J connectivity index is 0.00000544. The number of ether oxygens (including phenoxy) is 1. The van der Waals surface area contributed by atoms with Gasteiger partial charge in [0.25, 0.3) is 10.8 Å². The third-order valence-electron chi connectivity index (χ3n) is 3.69. The number of nitrogens with zero attached hydrogens (tertiary/aromatic N) is 2. The first-order chi connectivity index (χ1) is 14.6. The number of alkyl halides is 7. The fourth-order valence-corrected chi connectivity index (χ4v) is 2.26. The number of hydrogen-bond acceptors (Lipinski definition) is 5. The summed E-state index contributed by atoms with van der Waals surface area (Å²) in [7, 11) is 0. The van der Waals surface area contributed by atoms with Gasteiger partial charge in [0.15, 0.2) is 0 Å². The van der Waals surface area contributed by atoms with Crippen LogP contribution in [0.1, 0.15) is 15.9 Å². The van der Waals surface area contributed by atoms with Crippen LogP contribution in [0.25, 0.3) is 0 Å². The molecule has 33 heavy (non-hydrogen) atoms. The van der Waals surface area contributed by atoms with Gasteiger partial charge in [-0.25, -0.2) is 5.21 Å². The summed E-state index contributed by atoms with van der Waals surface area (Å²) in [6, 6.07) is 2.90. The van der Waals surface area contributed by atoms with Crippen molar-refractivity contribution in [1.82, 2.24) is 0 Å². The molecular weight excluding hydrogens is 486 g/mol. The maximum atomic E-state index is 12.9. The minimum atomic E-state index is -5.14. The van der Waals surface area contributed by atoms with Gasteiger partial charge in [-0.05, 0) is 24.3 Å². The Kier molecular flexibility index (Phi) is 8.76. The summed E-state index contributed by atoms with van der Waals surface area (Å²) in [4.78, 5) is 32.2. The van der Waals surface area contributed by atoms with Crippen LogP contribution in [-0.2, 0) is 6.18 Å². The molecule has 0 aliphatic carbocycles. The van der Waals surface area contributed by atoms with Crippen LogP contribution >= 0.6 is 0 Å². The van der Waals surface area contributed by atoms with Crippen molar-refractivity contribution in [3.8, 4) is 5.75 Å². The van der Waals surface area contributed by atoms with Crippen LogP contribution in [0.15, 0.2) is 36.4 Å². The van der Waals surface area contributed by atoms with Crippen LogP contribution in [0, 0.1) is 15.0 Å². The molecule has 0 bridgehead atoms. The molecule has 0 aliphatic heterocycles. The number of rotatable bonds is 7. The van der Waals surface area contributed by atoms with E-state index in [2.05, 4.69) is 4.74 Å². The molecule has 0 fully saturated rings. The Morgan fingerprint density at radius 3 is 1.97 bits per heavy atom. The molecule has 2 aromatic carbocycles. The first-order valence-corrected chi connectivity index (χ1v) is 7.95. The number of carbonyl (C=O) groups excluding carboxylic acids is 1. The molecule has 0 saturated carbocycles. The van der Waals surface area contributed by atoms with Gasteiger partial charge >= 0.3 is 59.6 Å². The van der Waals surface area contributed by atoms with E-state index < -0.39 is 68.4 Å². The fraction of sp³-hybridized carbons (Fsp3) is 0.188. The summed E-state index contributed by atoms with van der Waals surface area (Å²) in [5.41, 5.74) is -5.94. The maximum absolute atomic E-state index is 12.9. The second-order valence-electron chi connectivity index (χ2n) is 5.86. The summed E-state index contributed by atoms with van der Waals surface area (Å²) in [5.74, 6) is -2.07. The topological polar surface area (TPSA) is 122 Å². The number of amides is 1. The Bertz CT molecular complexity index is 1030. The normalized spacial score (nSPS) is 11.5. The van der Waals surface area contributed by atoms with Gasteiger partial charge in [0.1, 0.15) is 5.75 Å². The molecule has 0 aliphatic rings.